The number of rotatable bonds is 10. The monoisotopic (exact) mass is 589 g/mol. The second-order valence-electron chi connectivity index (χ2n) is 9.02. The van der Waals surface area contributed by atoms with Gasteiger partial charge in [-0.3, -0.25) is 13.9 Å². The second kappa shape index (κ2) is 12.6. The molecule has 2 aromatic rings. The highest BCUT2D eigenvalue weighted by Gasteiger charge is 2.32. The van der Waals surface area contributed by atoms with Crippen LogP contribution in [0, 0.1) is 0 Å². The number of amides is 2. The number of halogens is 3. The molecule has 1 N–H and O–H groups in total. The number of nitrogens with one attached hydrogen (secondary N) is 1. The third-order valence-electron chi connectivity index (χ3n) is 6.29. The minimum Gasteiger partial charge on any atom is -0.495 e. The third-order valence-corrected chi connectivity index (χ3v) is 8.40. The Bertz CT molecular complexity index is 1250. The quantitative estimate of drug-likeness (QED) is 0.425. The van der Waals surface area contributed by atoms with Gasteiger partial charge in [-0.1, -0.05) is 53.7 Å². The maximum absolute atomic E-state index is 13.7. The number of nitrogens with zero attached hydrogens (tertiary/aromatic N) is 2. The van der Waals surface area contributed by atoms with Gasteiger partial charge < -0.3 is 15.0 Å². The van der Waals surface area contributed by atoms with E-state index in [1.165, 1.54) is 24.1 Å². The normalized spacial score (nSPS) is 14.8. The lowest BCUT2D eigenvalue weighted by Crippen LogP contribution is -2.52. The average Bonchev–Trinajstić information content (AvgIpc) is 3.34. The second-order valence-corrected chi connectivity index (χ2v) is 12.2. The van der Waals surface area contributed by atoms with Crippen molar-refractivity contribution in [1.82, 2.24) is 10.2 Å². The predicted molar refractivity (Wildman–Crippen MR) is 147 cm³/mol. The van der Waals surface area contributed by atoms with E-state index < -0.39 is 28.5 Å². The summed E-state index contributed by atoms with van der Waals surface area (Å²) in [5.41, 5.74) is 0.748. The van der Waals surface area contributed by atoms with Crippen LogP contribution in [-0.2, 0) is 26.2 Å². The van der Waals surface area contributed by atoms with Crippen LogP contribution in [0.15, 0.2) is 36.4 Å². The van der Waals surface area contributed by atoms with Crippen molar-refractivity contribution in [3.63, 3.8) is 0 Å². The predicted octanol–water partition coefficient (Wildman–Crippen LogP) is 4.90. The van der Waals surface area contributed by atoms with Gasteiger partial charge in [0.05, 0.1) is 29.1 Å². The first-order valence-electron chi connectivity index (χ1n) is 11.8. The number of sulfonamides is 1. The first kappa shape index (κ1) is 29.4. The van der Waals surface area contributed by atoms with Crippen LogP contribution in [0.2, 0.25) is 15.1 Å². The number of benzene rings is 2. The Kier molecular flexibility index (Phi) is 9.97. The fraction of sp³-hybridized carbons (Fsp3) is 0.440. The first-order chi connectivity index (χ1) is 17.4. The largest absolute Gasteiger partial charge is 0.495 e. The van der Waals surface area contributed by atoms with E-state index in [9.17, 15) is 18.0 Å². The Morgan fingerprint density at radius 2 is 1.76 bits per heavy atom. The molecule has 0 aliphatic heterocycles. The van der Waals surface area contributed by atoms with Crippen LogP contribution in [0.25, 0.3) is 0 Å². The zero-order valence-corrected chi connectivity index (χ0v) is 23.9. The Morgan fingerprint density at radius 1 is 1.08 bits per heavy atom. The van der Waals surface area contributed by atoms with Crippen LogP contribution in [0.4, 0.5) is 5.69 Å². The van der Waals surface area contributed by atoms with E-state index in [-0.39, 0.29) is 35.0 Å². The summed E-state index contributed by atoms with van der Waals surface area (Å²) in [7, 11) is -2.55. The molecule has 3 rings (SSSR count). The van der Waals surface area contributed by atoms with Gasteiger partial charge in [-0.2, -0.15) is 0 Å². The van der Waals surface area contributed by atoms with Crippen LogP contribution in [-0.4, -0.2) is 57.1 Å². The van der Waals surface area contributed by atoms with Crippen molar-refractivity contribution >= 4 is 62.3 Å². The van der Waals surface area contributed by atoms with Crippen LogP contribution in [0.1, 0.15) is 38.2 Å². The third kappa shape index (κ3) is 7.66. The molecule has 0 aromatic heterocycles. The molecule has 0 spiro atoms. The lowest BCUT2D eigenvalue weighted by molar-refractivity contribution is -0.139. The number of ether oxygens (including phenoxy) is 1. The van der Waals surface area contributed by atoms with E-state index in [0.29, 0.717) is 15.6 Å². The Hall–Kier alpha value is -2.20. The van der Waals surface area contributed by atoms with Crippen molar-refractivity contribution in [2.24, 2.45) is 0 Å². The summed E-state index contributed by atoms with van der Waals surface area (Å²) in [6.07, 6.45) is 4.83. The SMILES string of the molecule is COc1ccc(Cl)cc1N(CC(=O)N(Cc1ccc(Cl)c(Cl)c1)C(C)C(=O)NC1CCCC1)S(C)(=O)=O. The summed E-state index contributed by atoms with van der Waals surface area (Å²) in [5, 5.41) is 3.94. The minimum atomic E-state index is -3.94. The summed E-state index contributed by atoms with van der Waals surface area (Å²) >= 11 is 18.3. The molecule has 0 saturated heterocycles. The fourth-order valence-electron chi connectivity index (χ4n) is 4.26. The number of methoxy groups -OCH3 is 1. The standard InChI is InChI=1S/C25H30Cl3N3O5S/c1-16(25(33)29-19-6-4-5-7-19)30(14-17-8-10-20(27)21(28)12-17)24(32)15-31(37(3,34)35)22-13-18(26)9-11-23(22)36-2/h8-13,16,19H,4-7,14-15H2,1-3H3,(H,29,33). The van der Waals surface area contributed by atoms with E-state index in [1.807, 2.05) is 0 Å². The Balaban J connectivity index is 1.95. The molecule has 12 heteroatoms. The molecule has 0 bridgehead atoms. The topological polar surface area (TPSA) is 96.0 Å². The van der Waals surface area contributed by atoms with Crippen molar-refractivity contribution < 1.29 is 22.7 Å². The molecule has 1 atom stereocenters. The molecule has 1 unspecified atom stereocenters. The van der Waals surface area contributed by atoms with Crippen LogP contribution >= 0.6 is 34.8 Å². The summed E-state index contributed by atoms with van der Waals surface area (Å²) < 4.78 is 31.8. The number of carbonyl (C=O) groups excluding carboxylic acids is 2. The van der Waals surface area contributed by atoms with Gasteiger partial charge in [0.25, 0.3) is 0 Å². The summed E-state index contributed by atoms with van der Waals surface area (Å²) in [6.45, 7) is 1.06. The van der Waals surface area contributed by atoms with Gasteiger partial charge in [0.15, 0.2) is 0 Å². The number of anilines is 1. The zero-order valence-electron chi connectivity index (χ0n) is 20.8. The van der Waals surface area contributed by atoms with Crippen molar-refractivity contribution in [1.29, 1.82) is 0 Å². The maximum Gasteiger partial charge on any atom is 0.244 e. The molecular weight excluding hydrogens is 561 g/mol. The summed E-state index contributed by atoms with van der Waals surface area (Å²) in [5.74, 6) is -0.676. The van der Waals surface area contributed by atoms with Gasteiger partial charge in [-0.25, -0.2) is 8.42 Å². The number of hydrogen-bond donors (Lipinski definition) is 1. The van der Waals surface area contributed by atoms with Crippen LogP contribution in [0.3, 0.4) is 0 Å². The van der Waals surface area contributed by atoms with E-state index in [2.05, 4.69) is 5.32 Å². The van der Waals surface area contributed by atoms with Gasteiger partial charge >= 0.3 is 0 Å². The van der Waals surface area contributed by atoms with Crippen molar-refractivity contribution in [2.75, 3.05) is 24.2 Å². The molecule has 1 fully saturated rings. The lowest BCUT2D eigenvalue weighted by atomic mass is 10.1. The highest BCUT2D eigenvalue weighted by Crippen LogP contribution is 2.33. The van der Waals surface area contributed by atoms with Crippen LogP contribution < -0.4 is 14.4 Å². The molecule has 8 nitrogen and oxygen atoms in total. The highest BCUT2D eigenvalue weighted by molar-refractivity contribution is 7.92. The molecule has 1 aliphatic rings. The average molecular weight is 591 g/mol. The van der Waals surface area contributed by atoms with Crippen molar-refractivity contribution in [3.05, 3.63) is 57.0 Å². The van der Waals surface area contributed by atoms with Crippen LogP contribution in [0.5, 0.6) is 5.75 Å². The molecule has 1 aliphatic carbocycles. The first-order valence-corrected chi connectivity index (χ1v) is 14.7. The smallest absolute Gasteiger partial charge is 0.244 e. The Labute approximate surface area is 232 Å². The van der Waals surface area contributed by atoms with E-state index in [0.717, 1.165) is 36.2 Å². The van der Waals surface area contributed by atoms with Gasteiger partial charge in [-0.05, 0) is 55.7 Å². The lowest BCUT2D eigenvalue weighted by Gasteiger charge is -2.32. The van der Waals surface area contributed by atoms with E-state index >= 15 is 0 Å². The molecule has 1 saturated carbocycles. The zero-order chi connectivity index (χ0) is 27.3. The maximum atomic E-state index is 13.7. The molecule has 2 aromatic carbocycles. The van der Waals surface area contributed by atoms with Gasteiger partial charge in [-0.15, -0.1) is 0 Å². The molecule has 202 valence electrons. The molecule has 0 radical (unpaired) electrons. The van der Waals surface area contributed by atoms with E-state index in [1.54, 1.807) is 31.2 Å². The highest BCUT2D eigenvalue weighted by atomic mass is 35.5. The molecule has 0 heterocycles. The van der Waals surface area contributed by atoms with Gasteiger partial charge in [0.2, 0.25) is 21.8 Å². The number of carbonyl (C=O) groups is 2. The van der Waals surface area contributed by atoms with Crippen molar-refractivity contribution in [3.8, 4) is 5.75 Å². The molecule has 37 heavy (non-hydrogen) atoms. The summed E-state index contributed by atoms with van der Waals surface area (Å²) in [6, 6.07) is 8.57. The summed E-state index contributed by atoms with van der Waals surface area (Å²) in [4.78, 5) is 28.2. The Morgan fingerprint density at radius 3 is 2.35 bits per heavy atom. The van der Waals surface area contributed by atoms with E-state index in [4.69, 9.17) is 39.5 Å². The molecule has 2 amide bonds. The van der Waals surface area contributed by atoms with Gasteiger partial charge in [0.1, 0.15) is 18.3 Å². The minimum absolute atomic E-state index is 0.0132. The fourth-order valence-corrected chi connectivity index (χ4v) is 5.59. The van der Waals surface area contributed by atoms with Crippen molar-refractivity contribution in [2.45, 2.75) is 51.2 Å². The molecular formula is C25H30Cl3N3O5S. The van der Waals surface area contributed by atoms with Gasteiger partial charge in [0, 0.05) is 17.6 Å². The number of hydrogen-bond acceptors (Lipinski definition) is 5.